The van der Waals surface area contributed by atoms with Crippen LogP contribution in [0.3, 0.4) is 0 Å². The maximum Gasteiger partial charge on any atom is 0.331 e. The first-order valence-corrected chi connectivity index (χ1v) is 12.5. The summed E-state index contributed by atoms with van der Waals surface area (Å²) in [5, 5.41) is 8.59. The van der Waals surface area contributed by atoms with Gasteiger partial charge in [-0.2, -0.15) is 0 Å². The lowest BCUT2D eigenvalue weighted by Crippen LogP contribution is -2.34. The Morgan fingerprint density at radius 2 is 1.20 bits per heavy atom. The molecule has 1 aromatic carbocycles. The van der Waals surface area contributed by atoms with Gasteiger partial charge in [0.25, 0.3) is 0 Å². The van der Waals surface area contributed by atoms with Crippen molar-refractivity contribution in [2.24, 2.45) is 21.1 Å². The Hall–Kier alpha value is -2.87. The van der Waals surface area contributed by atoms with Crippen LogP contribution in [0, 0.1) is 10.8 Å². The molecular weight excluding hydrogens is 510 g/mol. The highest BCUT2D eigenvalue weighted by molar-refractivity contribution is 9.10. The fraction of sp³-hybridized carbons (Fsp3) is 0.444. The van der Waals surface area contributed by atoms with Crippen LogP contribution >= 0.6 is 15.9 Å². The minimum Gasteiger partial charge on any atom is -0.318 e. The predicted molar refractivity (Wildman–Crippen MR) is 138 cm³/mol. The number of benzene rings is 1. The standard InChI is InChI=1S/C27H30BrN3O4/c1-15(32)34-30-21-13-26(3,4)11-19-24(21)23(17-7-9-18(28)10-8-17)25-20(29-19)12-27(5,6)14-22(25)31-35-16(2)33/h7-10H,11-14H2,1-6H3. The number of nitrogens with zero attached hydrogens (tertiary/aromatic N) is 3. The van der Waals surface area contributed by atoms with Gasteiger partial charge in [0.05, 0.1) is 22.8 Å². The Morgan fingerprint density at radius 1 is 0.771 bits per heavy atom. The molecule has 0 unspecified atom stereocenters. The zero-order valence-electron chi connectivity index (χ0n) is 21.0. The number of rotatable bonds is 3. The van der Waals surface area contributed by atoms with Crippen LogP contribution in [0.5, 0.6) is 0 Å². The molecule has 1 heterocycles. The van der Waals surface area contributed by atoms with Gasteiger partial charge >= 0.3 is 11.9 Å². The SMILES string of the molecule is CC(=O)ON=C1CC(C)(C)Cc2nc3c(c(-c4ccc(Br)cc4)c21)C(=NOC(C)=O)CC(C)(C)C3. The molecule has 0 spiro atoms. The van der Waals surface area contributed by atoms with Crippen molar-refractivity contribution in [3.63, 3.8) is 0 Å². The van der Waals surface area contributed by atoms with Crippen molar-refractivity contribution < 1.29 is 19.3 Å². The van der Waals surface area contributed by atoms with Gasteiger partial charge in [-0.25, -0.2) is 9.59 Å². The molecule has 0 bridgehead atoms. The summed E-state index contributed by atoms with van der Waals surface area (Å²) in [5.41, 5.74) is 6.61. The van der Waals surface area contributed by atoms with Gasteiger partial charge in [-0.1, -0.05) is 66.1 Å². The number of aromatic nitrogens is 1. The molecule has 0 saturated heterocycles. The molecule has 4 rings (SSSR count). The van der Waals surface area contributed by atoms with E-state index in [0.717, 1.165) is 51.0 Å². The molecular formula is C27H30BrN3O4. The number of hydrogen-bond donors (Lipinski definition) is 0. The molecule has 0 amide bonds. The Bertz CT molecular complexity index is 1190. The average Bonchev–Trinajstić information content (AvgIpc) is 2.73. The maximum absolute atomic E-state index is 11.6. The Balaban J connectivity index is 2.09. The normalized spacial score (nSPS) is 20.2. The Kier molecular flexibility index (Phi) is 6.70. The molecule has 0 saturated carbocycles. The number of carbonyl (C=O) groups excluding carboxylic acids is 2. The zero-order valence-corrected chi connectivity index (χ0v) is 22.6. The number of pyridine rings is 1. The van der Waals surface area contributed by atoms with E-state index in [2.05, 4.69) is 53.9 Å². The van der Waals surface area contributed by atoms with E-state index in [1.54, 1.807) is 0 Å². The highest BCUT2D eigenvalue weighted by Crippen LogP contribution is 2.45. The summed E-state index contributed by atoms with van der Waals surface area (Å²) in [6.45, 7) is 11.3. The molecule has 0 N–H and O–H groups in total. The van der Waals surface area contributed by atoms with Crippen LogP contribution in [0.2, 0.25) is 0 Å². The first-order valence-electron chi connectivity index (χ1n) is 11.7. The second kappa shape index (κ2) is 9.30. The summed E-state index contributed by atoms with van der Waals surface area (Å²) in [4.78, 5) is 38.7. The van der Waals surface area contributed by atoms with E-state index in [-0.39, 0.29) is 10.8 Å². The van der Waals surface area contributed by atoms with Gasteiger partial charge in [-0.05, 0) is 54.2 Å². The van der Waals surface area contributed by atoms with Crippen LogP contribution in [0.4, 0.5) is 0 Å². The highest BCUT2D eigenvalue weighted by Gasteiger charge is 2.40. The second-order valence-electron chi connectivity index (χ2n) is 10.9. The second-order valence-corrected chi connectivity index (χ2v) is 11.8. The molecule has 1 aromatic heterocycles. The Morgan fingerprint density at radius 3 is 1.60 bits per heavy atom. The average molecular weight is 540 g/mol. The number of halogens is 1. The summed E-state index contributed by atoms with van der Waals surface area (Å²) in [7, 11) is 0. The lowest BCUT2D eigenvalue weighted by molar-refractivity contribution is -0.141. The first kappa shape index (κ1) is 25.2. The fourth-order valence-corrected chi connectivity index (χ4v) is 5.24. The largest absolute Gasteiger partial charge is 0.331 e. The van der Waals surface area contributed by atoms with Gasteiger partial charge in [0.2, 0.25) is 0 Å². The van der Waals surface area contributed by atoms with Crippen LogP contribution < -0.4 is 0 Å². The smallest absolute Gasteiger partial charge is 0.318 e. The molecule has 0 fully saturated rings. The molecule has 2 aliphatic carbocycles. The van der Waals surface area contributed by atoms with Crippen LogP contribution in [0.1, 0.15) is 76.9 Å². The van der Waals surface area contributed by atoms with E-state index in [1.807, 2.05) is 24.3 Å². The number of carbonyl (C=O) groups is 2. The third-order valence-electron chi connectivity index (χ3n) is 6.21. The molecule has 0 atom stereocenters. The summed E-state index contributed by atoms with van der Waals surface area (Å²) >= 11 is 3.53. The van der Waals surface area contributed by atoms with E-state index in [0.29, 0.717) is 24.3 Å². The lowest BCUT2D eigenvalue weighted by Gasteiger charge is -2.37. The topological polar surface area (TPSA) is 90.2 Å². The zero-order chi connectivity index (χ0) is 25.5. The minimum atomic E-state index is -0.475. The molecule has 0 aliphatic heterocycles. The first-order chi connectivity index (χ1) is 16.3. The van der Waals surface area contributed by atoms with Gasteiger partial charge in [-0.15, -0.1) is 0 Å². The molecule has 2 aromatic rings. The molecule has 7 nitrogen and oxygen atoms in total. The van der Waals surface area contributed by atoms with Crippen molar-refractivity contribution in [3.8, 4) is 11.1 Å². The summed E-state index contributed by atoms with van der Waals surface area (Å²) in [6.07, 6.45) is 2.77. The quantitative estimate of drug-likeness (QED) is 0.353. The minimum absolute atomic E-state index is 0.108. The van der Waals surface area contributed by atoms with Crippen molar-refractivity contribution in [3.05, 3.63) is 51.3 Å². The van der Waals surface area contributed by atoms with Crippen LogP contribution in [0.25, 0.3) is 11.1 Å². The number of oxime groups is 2. The van der Waals surface area contributed by atoms with E-state index in [9.17, 15) is 9.59 Å². The van der Waals surface area contributed by atoms with E-state index in [4.69, 9.17) is 14.7 Å². The molecule has 8 heteroatoms. The monoisotopic (exact) mass is 539 g/mol. The van der Waals surface area contributed by atoms with Crippen LogP contribution in [-0.4, -0.2) is 28.3 Å². The molecule has 35 heavy (non-hydrogen) atoms. The fourth-order valence-electron chi connectivity index (χ4n) is 4.98. The van der Waals surface area contributed by atoms with Crippen molar-refractivity contribution in [1.82, 2.24) is 4.98 Å². The van der Waals surface area contributed by atoms with Crippen molar-refractivity contribution >= 4 is 39.3 Å². The van der Waals surface area contributed by atoms with E-state index >= 15 is 0 Å². The highest BCUT2D eigenvalue weighted by atomic mass is 79.9. The van der Waals surface area contributed by atoms with Gasteiger partial charge < -0.3 is 9.68 Å². The van der Waals surface area contributed by atoms with Gasteiger partial charge in [-0.3, -0.25) is 4.98 Å². The lowest BCUT2D eigenvalue weighted by atomic mass is 9.69. The van der Waals surface area contributed by atoms with Crippen molar-refractivity contribution in [1.29, 1.82) is 0 Å². The Labute approximate surface area is 214 Å². The third kappa shape index (κ3) is 5.53. The van der Waals surface area contributed by atoms with E-state index < -0.39 is 11.9 Å². The molecule has 184 valence electrons. The molecule has 2 aliphatic rings. The van der Waals surface area contributed by atoms with E-state index in [1.165, 1.54) is 13.8 Å². The van der Waals surface area contributed by atoms with Crippen molar-refractivity contribution in [2.75, 3.05) is 0 Å². The van der Waals surface area contributed by atoms with Gasteiger partial charge in [0.15, 0.2) is 0 Å². The number of hydrogen-bond acceptors (Lipinski definition) is 7. The third-order valence-corrected chi connectivity index (χ3v) is 6.74. The summed E-state index contributed by atoms with van der Waals surface area (Å²) < 4.78 is 0.961. The van der Waals surface area contributed by atoms with Crippen LogP contribution in [0.15, 0.2) is 39.0 Å². The molecule has 0 radical (unpaired) electrons. The maximum atomic E-state index is 11.6. The van der Waals surface area contributed by atoms with Gasteiger partial charge in [0, 0.05) is 35.0 Å². The summed E-state index contributed by atoms with van der Waals surface area (Å²) in [5.74, 6) is -0.949. The summed E-state index contributed by atoms with van der Waals surface area (Å²) in [6, 6.07) is 8.04. The predicted octanol–water partition coefficient (Wildman–Crippen LogP) is 5.99. The number of fused-ring (bicyclic) bond motifs is 2. The van der Waals surface area contributed by atoms with Gasteiger partial charge in [0.1, 0.15) is 0 Å². The van der Waals surface area contributed by atoms with Crippen molar-refractivity contribution in [2.45, 2.75) is 67.2 Å². The van der Waals surface area contributed by atoms with Crippen LogP contribution in [-0.2, 0) is 32.1 Å².